The van der Waals surface area contributed by atoms with E-state index in [1.165, 1.54) is 26.5 Å². The molecule has 0 radical (unpaired) electrons. The van der Waals surface area contributed by atoms with Gasteiger partial charge in [-0.05, 0) is 83.4 Å². The number of thioether (sulfide) groups is 2. The van der Waals surface area contributed by atoms with Crippen LogP contribution in [0.5, 0.6) is 5.75 Å². The van der Waals surface area contributed by atoms with Crippen molar-refractivity contribution in [3.8, 4) is 5.75 Å². The molecule has 0 aromatic heterocycles. The number of rotatable bonds is 4. The van der Waals surface area contributed by atoms with Crippen molar-refractivity contribution in [2.24, 2.45) is 0 Å². The summed E-state index contributed by atoms with van der Waals surface area (Å²) in [7, 11) is 0. The minimum absolute atomic E-state index is 0.0825. The summed E-state index contributed by atoms with van der Waals surface area (Å²) in [5.74, 6) is 0.447. The lowest BCUT2D eigenvalue weighted by Gasteiger charge is -2.32. The van der Waals surface area contributed by atoms with Crippen LogP contribution in [-0.2, 0) is 21.7 Å². The first-order valence-corrected chi connectivity index (χ1v) is 15.5. The van der Waals surface area contributed by atoms with Crippen molar-refractivity contribution in [2.75, 3.05) is 0 Å². The van der Waals surface area contributed by atoms with Crippen LogP contribution in [0.1, 0.15) is 139 Å². The summed E-state index contributed by atoms with van der Waals surface area (Å²) >= 11 is 3.83. The van der Waals surface area contributed by atoms with Gasteiger partial charge in [0.1, 0.15) is 5.75 Å². The highest BCUT2D eigenvalue weighted by molar-refractivity contribution is 8.18. The van der Waals surface area contributed by atoms with Crippen LogP contribution in [0.25, 0.3) is 0 Å². The zero-order valence-electron chi connectivity index (χ0n) is 27.1. The Morgan fingerprint density at radius 3 is 0.973 bits per heavy atom. The molecule has 0 aliphatic heterocycles. The highest BCUT2D eigenvalue weighted by Crippen LogP contribution is 2.50. The molecule has 0 spiro atoms. The monoisotopic (exact) mass is 544 g/mol. The molecule has 2 rings (SSSR count). The fraction of sp³-hybridized carbons (Fsp3) is 0.647. The van der Waals surface area contributed by atoms with E-state index in [0.29, 0.717) is 5.75 Å². The van der Waals surface area contributed by atoms with Crippen LogP contribution >= 0.6 is 23.5 Å². The van der Waals surface area contributed by atoms with E-state index in [0.717, 1.165) is 11.1 Å². The van der Waals surface area contributed by atoms with Gasteiger partial charge >= 0.3 is 0 Å². The fourth-order valence-corrected chi connectivity index (χ4v) is 7.29. The molecule has 0 heterocycles. The third-order valence-electron chi connectivity index (χ3n) is 6.42. The third kappa shape index (κ3) is 8.99. The maximum atomic E-state index is 11.1. The molecule has 210 valence electrons. The zero-order chi connectivity index (χ0) is 29.4. The van der Waals surface area contributed by atoms with Gasteiger partial charge in [0.15, 0.2) is 0 Å². The van der Waals surface area contributed by atoms with Crippen molar-refractivity contribution in [2.45, 2.75) is 153 Å². The van der Waals surface area contributed by atoms with Gasteiger partial charge in [-0.25, -0.2) is 0 Å². The quantitative estimate of drug-likeness (QED) is 0.305. The van der Waals surface area contributed by atoms with E-state index < -0.39 is 0 Å². The minimum Gasteiger partial charge on any atom is -0.507 e. The van der Waals surface area contributed by atoms with Crippen molar-refractivity contribution < 1.29 is 5.11 Å². The Balaban J connectivity index is 0.00000334. The number of hydrogen-bond acceptors (Lipinski definition) is 3. The van der Waals surface area contributed by atoms with E-state index in [2.05, 4.69) is 128 Å². The number of phenols is 1. The summed E-state index contributed by atoms with van der Waals surface area (Å²) in [6.45, 7) is 37.9. The van der Waals surface area contributed by atoms with Crippen molar-refractivity contribution in [1.29, 1.82) is 0 Å². The van der Waals surface area contributed by atoms with Crippen LogP contribution in [0.4, 0.5) is 0 Å². The van der Waals surface area contributed by atoms with Gasteiger partial charge < -0.3 is 5.11 Å². The first-order valence-electron chi connectivity index (χ1n) is 13.8. The van der Waals surface area contributed by atoms with Crippen LogP contribution < -0.4 is 0 Å². The SMILES string of the molecule is CC.Cc1c(C(C)(C)C)cc(SC(C)(C)Sc2cc(C(C)(C)C)c(O)c(C(C)(C)C)c2)cc1C(C)(C)C. The van der Waals surface area contributed by atoms with Gasteiger partial charge in [-0.15, -0.1) is 23.5 Å². The molecule has 0 aliphatic rings. The highest BCUT2D eigenvalue weighted by atomic mass is 32.2. The van der Waals surface area contributed by atoms with Gasteiger partial charge in [0.25, 0.3) is 0 Å². The average molecular weight is 545 g/mol. The van der Waals surface area contributed by atoms with Gasteiger partial charge in [0.2, 0.25) is 0 Å². The van der Waals surface area contributed by atoms with E-state index in [1.54, 1.807) is 0 Å². The first kappa shape index (κ1) is 34.0. The Labute approximate surface area is 239 Å². The standard InChI is InChI=1S/C32H50OS2.C2H6/c1-20-23(28(2,3)4)16-21(17-24(20)29(5,6)7)34-32(14,15)35-22-18-25(30(8,9)10)27(33)26(19-22)31(11,12)13;1-2/h16-19,33H,1-15H3;1-2H3. The van der Waals surface area contributed by atoms with Crippen molar-refractivity contribution in [3.05, 3.63) is 52.1 Å². The Morgan fingerprint density at radius 2 is 0.730 bits per heavy atom. The third-order valence-corrected chi connectivity index (χ3v) is 8.85. The molecule has 0 aliphatic carbocycles. The molecule has 0 saturated heterocycles. The van der Waals surface area contributed by atoms with Crippen molar-refractivity contribution >= 4 is 23.5 Å². The van der Waals surface area contributed by atoms with Gasteiger partial charge in [0, 0.05) is 20.9 Å². The van der Waals surface area contributed by atoms with Crippen LogP contribution in [0, 0.1) is 6.92 Å². The second-order valence-electron chi connectivity index (χ2n) is 14.6. The molecule has 2 aromatic rings. The summed E-state index contributed by atoms with van der Waals surface area (Å²) in [5.41, 5.74) is 6.27. The van der Waals surface area contributed by atoms with Crippen molar-refractivity contribution in [1.82, 2.24) is 0 Å². The number of aromatic hydroxyl groups is 1. The predicted octanol–water partition coefficient (Wildman–Crippen LogP) is 11.5. The highest BCUT2D eigenvalue weighted by Gasteiger charge is 2.30. The van der Waals surface area contributed by atoms with Gasteiger partial charge in [0.05, 0.1) is 4.08 Å². The Kier molecular flexibility index (Phi) is 10.6. The summed E-state index contributed by atoms with van der Waals surface area (Å²) in [6, 6.07) is 9.23. The van der Waals surface area contributed by atoms with Gasteiger partial charge in [-0.3, -0.25) is 0 Å². The normalized spacial score (nSPS) is 13.3. The summed E-state index contributed by atoms with van der Waals surface area (Å²) < 4.78 is -0.0825. The molecule has 0 unspecified atom stereocenters. The second-order valence-corrected chi connectivity index (χ2v) is 18.3. The molecular formula is C34H56OS2. The molecule has 37 heavy (non-hydrogen) atoms. The Hall–Kier alpha value is -1.06. The largest absolute Gasteiger partial charge is 0.507 e. The maximum Gasteiger partial charge on any atom is 0.123 e. The molecule has 1 N–H and O–H groups in total. The number of benzene rings is 2. The molecule has 0 saturated carbocycles. The van der Waals surface area contributed by atoms with Gasteiger partial charge in [-0.2, -0.15) is 0 Å². The predicted molar refractivity (Wildman–Crippen MR) is 171 cm³/mol. The molecule has 0 amide bonds. The van der Waals surface area contributed by atoms with E-state index >= 15 is 0 Å². The molecule has 3 heteroatoms. The van der Waals surface area contributed by atoms with E-state index in [1.807, 2.05) is 37.4 Å². The summed E-state index contributed by atoms with van der Waals surface area (Å²) in [4.78, 5) is 2.54. The Morgan fingerprint density at radius 1 is 0.486 bits per heavy atom. The maximum absolute atomic E-state index is 11.1. The first-order chi connectivity index (χ1) is 16.4. The summed E-state index contributed by atoms with van der Waals surface area (Å²) in [5, 5.41) is 11.1. The lowest BCUT2D eigenvalue weighted by Crippen LogP contribution is -2.20. The second kappa shape index (κ2) is 11.6. The van der Waals surface area contributed by atoms with Crippen LogP contribution in [0.2, 0.25) is 0 Å². The van der Waals surface area contributed by atoms with E-state index in [4.69, 9.17) is 0 Å². The number of phenolic OH excluding ortho intramolecular Hbond substituents is 1. The molecule has 0 bridgehead atoms. The average Bonchev–Trinajstić information content (AvgIpc) is 2.68. The van der Waals surface area contributed by atoms with Crippen LogP contribution in [0.3, 0.4) is 0 Å². The number of hydrogen-bond donors (Lipinski definition) is 1. The molecule has 0 atom stereocenters. The van der Waals surface area contributed by atoms with Crippen molar-refractivity contribution in [3.63, 3.8) is 0 Å². The van der Waals surface area contributed by atoms with E-state index in [9.17, 15) is 5.11 Å². The minimum atomic E-state index is -0.127. The molecule has 2 aromatic carbocycles. The van der Waals surface area contributed by atoms with Crippen LogP contribution in [-0.4, -0.2) is 9.19 Å². The summed E-state index contributed by atoms with van der Waals surface area (Å²) in [6.07, 6.45) is 0. The lowest BCUT2D eigenvalue weighted by atomic mass is 9.77. The van der Waals surface area contributed by atoms with Gasteiger partial charge in [-0.1, -0.05) is 96.9 Å². The lowest BCUT2D eigenvalue weighted by molar-refractivity contribution is 0.422. The zero-order valence-corrected chi connectivity index (χ0v) is 28.7. The molecule has 0 fully saturated rings. The fourth-order valence-electron chi connectivity index (χ4n) is 4.70. The smallest absolute Gasteiger partial charge is 0.123 e. The van der Waals surface area contributed by atoms with E-state index in [-0.39, 0.29) is 25.7 Å². The van der Waals surface area contributed by atoms with Crippen LogP contribution in [0.15, 0.2) is 34.1 Å². The Bertz CT molecular complexity index is 909. The molecule has 1 nitrogen and oxygen atoms in total. The molecular weight excluding hydrogens is 489 g/mol. The topological polar surface area (TPSA) is 20.2 Å².